The number of rotatable bonds is 7. The van der Waals surface area contributed by atoms with E-state index in [-0.39, 0.29) is 6.42 Å². The van der Waals surface area contributed by atoms with Gasteiger partial charge in [0, 0.05) is 19.4 Å². The summed E-state index contributed by atoms with van der Waals surface area (Å²) in [4.78, 5) is 12.2. The smallest absolute Gasteiger partial charge is 0.451 e. The largest absolute Gasteiger partial charge is 0.490 e. The summed E-state index contributed by atoms with van der Waals surface area (Å²) in [5.74, 6) is -2.15. The molecule has 7 heteroatoms. The van der Waals surface area contributed by atoms with Crippen LogP contribution >= 0.6 is 11.8 Å². The summed E-state index contributed by atoms with van der Waals surface area (Å²) < 4.78 is 42.2. The van der Waals surface area contributed by atoms with Gasteiger partial charge < -0.3 is 4.74 Å². The Labute approximate surface area is 146 Å². The molecule has 1 rings (SSSR count). The van der Waals surface area contributed by atoms with Crippen LogP contribution in [0.15, 0.2) is 41.3 Å². The van der Waals surface area contributed by atoms with Crippen molar-refractivity contribution in [3.8, 4) is 0 Å². The van der Waals surface area contributed by atoms with E-state index in [0.29, 0.717) is 5.56 Å². The molecular formula is C17H23F3O2SSi. The third-order valence-corrected chi connectivity index (χ3v) is 5.42. The van der Waals surface area contributed by atoms with E-state index < -0.39 is 26.3 Å². The molecule has 24 heavy (non-hydrogen) atoms. The van der Waals surface area contributed by atoms with Gasteiger partial charge in [-0.25, -0.2) is 4.79 Å². The first-order chi connectivity index (χ1) is 11.0. The van der Waals surface area contributed by atoms with Crippen molar-refractivity contribution in [2.24, 2.45) is 0 Å². The molecule has 0 saturated carbocycles. The molecule has 0 bridgehead atoms. The topological polar surface area (TPSA) is 26.3 Å². The molecule has 0 aliphatic carbocycles. The number of hydrogen-bond acceptors (Lipinski definition) is 3. The van der Waals surface area contributed by atoms with E-state index in [0.717, 1.165) is 10.9 Å². The number of halogens is 3. The van der Waals surface area contributed by atoms with E-state index in [9.17, 15) is 18.0 Å². The van der Waals surface area contributed by atoms with Gasteiger partial charge in [-0.1, -0.05) is 43.9 Å². The number of benzene rings is 1. The standard InChI is InChI=1S/C17H23F3O2SSi/c1-23-14-10-8-13(9-11-14)15(22-16(21)17(18,19)20)7-5-6-12-24(2,3)4/h5-6,8-11,15H,7,12H2,1-4H3/b6-5-. The van der Waals surface area contributed by atoms with Gasteiger partial charge in [-0.15, -0.1) is 11.8 Å². The first-order valence-electron chi connectivity index (χ1n) is 7.59. The molecule has 0 N–H and O–H groups in total. The molecule has 134 valence electrons. The normalized spacial score (nSPS) is 14.0. The van der Waals surface area contributed by atoms with Crippen molar-refractivity contribution in [2.75, 3.05) is 6.26 Å². The van der Waals surface area contributed by atoms with Crippen LogP contribution in [0.4, 0.5) is 13.2 Å². The highest BCUT2D eigenvalue weighted by Crippen LogP contribution is 2.28. The maximum Gasteiger partial charge on any atom is 0.490 e. The predicted molar refractivity (Wildman–Crippen MR) is 95.0 cm³/mol. The lowest BCUT2D eigenvalue weighted by Gasteiger charge is -2.18. The van der Waals surface area contributed by atoms with Crippen LogP contribution in [0.25, 0.3) is 0 Å². The number of esters is 1. The molecule has 2 nitrogen and oxygen atoms in total. The maximum absolute atomic E-state index is 12.5. The molecular weight excluding hydrogens is 353 g/mol. The summed E-state index contributed by atoms with van der Waals surface area (Å²) in [6, 6.07) is 7.94. The molecule has 0 aromatic heterocycles. The zero-order valence-corrected chi connectivity index (χ0v) is 16.1. The van der Waals surface area contributed by atoms with Gasteiger partial charge in [-0.05, 0) is 30.0 Å². The molecule has 1 atom stereocenters. The Morgan fingerprint density at radius 2 is 1.79 bits per heavy atom. The average molecular weight is 377 g/mol. The van der Waals surface area contributed by atoms with Crippen molar-refractivity contribution in [1.82, 2.24) is 0 Å². The minimum absolute atomic E-state index is 0.227. The third-order valence-electron chi connectivity index (χ3n) is 3.22. The summed E-state index contributed by atoms with van der Waals surface area (Å²) >= 11 is 1.53. The van der Waals surface area contributed by atoms with Gasteiger partial charge in [0.15, 0.2) is 0 Å². The molecule has 1 aromatic carbocycles. The zero-order chi connectivity index (χ0) is 18.4. The van der Waals surface area contributed by atoms with E-state index in [2.05, 4.69) is 19.6 Å². The molecule has 0 amide bonds. The average Bonchev–Trinajstić information content (AvgIpc) is 2.48. The van der Waals surface area contributed by atoms with Crippen LogP contribution in [-0.2, 0) is 9.53 Å². The van der Waals surface area contributed by atoms with Crippen LogP contribution in [0.2, 0.25) is 25.7 Å². The Kier molecular flexibility index (Phi) is 7.60. The van der Waals surface area contributed by atoms with E-state index in [4.69, 9.17) is 4.74 Å². The fourth-order valence-corrected chi connectivity index (χ4v) is 3.21. The Morgan fingerprint density at radius 3 is 2.25 bits per heavy atom. The van der Waals surface area contributed by atoms with E-state index in [1.165, 1.54) is 11.8 Å². The zero-order valence-electron chi connectivity index (χ0n) is 14.3. The highest BCUT2D eigenvalue weighted by molar-refractivity contribution is 7.98. The molecule has 0 aliphatic heterocycles. The third kappa shape index (κ3) is 7.57. The van der Waals surface area contributed by atoms with Gasteiger partial charge in [0.1, 0.15) is 6.10 Å². The first-order valence-corrected chi connectivity index (χ1v) is 12.5. The minimum Gasteiger partial charge on any atom is -0.451 e. The van der Waals surface area contributed by atoms with Crippen LogP contribution in [0.5, 0.6) is 0 Å². The number of carbonyl (C=O) groups excluding carboxylic acids is 1. The van der Waals surface area contributed by atoms with Gasteiger partial charge >= 0.3 is 12.1 Å². The lowest BCUT2D eigenvalue weighted by molar-refractivity contribution is -0.205. The number of hydrogen-bond donors (Lipinski definition) is 0. The Balaban J connectivity index is 2.88. The Bertz CT molecular complexity index is 563. The molecule has 0 heterocycles. The second kappa shape index (κ2) is 8.76. The first kappa shape index (κ1) is 20.8. The number of thioether (sulfide) groups is 1. The van der Waals surface area contributed by atoms with Crippen LogP contribution in [0.3, 0.4) is 0 Å². The van der Waals surface area contributed by atoms with Crippen molar-refractivity contribution >= 4 is 25.8 Å². The number of alkyl halides is 3. The lowest BCUT2D eigenvalue weighted by atomic mass is 10.1. The predicted octanol–water partition coefficient (Wildman–Crippen LogP) is 5.84. The molecule has 0 radical (unpaired) electrons. The monoisotopic (exact) mass is 376 g/mol. The van der Waals surface area contributed by atoms with Crippen LogP contribution in [0.1, 0.15) is 18.1 Å². The van der Waals surface area contributed by atoms with Crippen molar-refractivity contribution in [3.05, 3.63) is 42.0 Å². The van der Waals surface area contributed by atoms with E-state index in [1.54, 1.807) is 30.3 Å². The van der Waals surface area contributed by atoms with Gasteiger partial charge in [-0.2, -0.15) is 13.2 Å². The maximum atomic E-state index is 12.5. The number of carbonyl (C=O) groups is 1. The van der Waals surface area contributed by atoms with E-state index in [1.807, 2.05) is 12.3 Å². The highest BCUT2D eigenvalue weighted by Gasteiger charge is 2.42. The van der Waals surface area contributed by atoms with Gasteiger partial charge in [0.05, 0.1) is 0 Å². The molecule has 1 unspecified atom stereocenters. The summed E-state index contributed by atoms with van der Waals surface area (Å²) in [7, 11) is -1.26. The Morgan fingerprint density at radius 1 is 1.21 bits per heavy atom. The summed E-state index contributed by atoms with van der Waals surface area (Å²) in [6.45, 7) is 6.62. The van der Waals surface area contributed by atoms with Crippen molar-refractivity contribution in [2.45, 2.75) is 49.3 Å². The minimum atomic E-state index is -4.99. The van der Waals surface area contributed by atoms with Crippen LogP contribution in [-0.4, -0.2) is 26.5 Å². The van der Waals surface area contributed by atoms with Crippen LogP contribution in [0, 0.1) is 0 Å². The summed E-state index contributed by atoms with van der Waals surface area (Å²) in [6.07, 6.45) is -0.0148. The van der Waals surface area contributed by atoms with Crippen molar-refractivity contribution in [3.63, 3.8) is 0 Å². The van der Waals surface area contributed by atoms with E-state index >= 15 is 0 Å². The second-order valence-electron chi connectivity index (χ2n) is 6.64. The van der Waals surface area contributed by atoms with Gasteiger partial charge in [0.2, 0.25) is 0 Å². The molecule has 1 aromatic rings. The van der Waals surface area contributed by atoms with Crippen molar-refractivity contribution < 1.29 is 22.7 Å². The quantitative estimate of drug-likeness (QED) is 0.259. The van der Waals surface area contributed by atoms with Gasteiger partial charge in [-0.3, -0.25) is 0 Å². The molecule has 0 fully saturated rings. The van der Waals surface area contributed by atoms with Crippen molar-refractivity contribution in [1.29, 1.82) is 0 Å². The SMILES string of the molecule is CSc1ccc(C(C/C=C\C[Si](C)(C)C)OC(=O)C(F)(F)F)cc1. The number of ether oxygens (including phenoxy) is 1. The molecule has 0 aliphatic rings. The lowest BCUT2D eigenvalue weighted by Crippen LogP contribution is -2.27. The second-order valence-corrected chi connectivity index (χ2v) is 13.0. The van der Waals surface area contributed by atoms with Crippen LogP contribution < -0.4 is 0 Å². The number of allylic oxidation sites excluding steroid dienone is 1. The Hall–Kier alpha value is -1.21. The highest BCUT2D eigenvalue weighted by atomic mass is 32.2. The molecule has 0 saturated heterocycles. The fraction of sp³-hybridized carbons (Fsp3) is 0.471. The van der Waals surface area contributed by atoms with Gasteiger partial charge in [0.25, 0.3) is 0 Å². The molecule has 0 spiro atoms. The fourth-order valence-electron chi connectivity index (χ4n) is 1.92. The summed E-state index contributed by atoms with van der Waals surface area (Å²) in [5.41, 5.74) is 0.558. The summed E-state index contributed by atoms with van der Waals surface area (Å²) in [5, 5.41) is 0.